The summed E-state index contributed by atoms with van der Waals surface area (Å²) in [6.07, 6.45) is 8.07. The van der Waals surface area contributed by atoms with E-state index in [1.54, 1.807) is 29.7 Å². The first-order valence-electron chi connectivity index (χ1n) is 11.4. The Morgan fingerprint density at radius 2 is 1.75 bits per heavy atom. The molecule has 1 saturated carbocycles. The lowest BCUT2D eigenvalue weighted by Crippen LogP contribution is -2.35. The first-order chi connectivity index (χ1) is 15.5. The zero-order valence-corrected chi connectivity index (χ0v) is 18.5. The fourth-order valence-corrected chi connectivity index (χ4v) is 3.55. The van der Waals surface area contributed by atoms with Crippen LogP contribution in [0, 0.1) is 0 Å². The number of nitrogens with one attached hydrogen (secondary N) is 2. The van der Waals surface area contributed by atoms with Crippen LogP contribution in [-0.4, -0.2) is 41.7 Å². The van der Waals surface area contributed by atoms with Gasteiger partial charge in [0.1, 0.15) is 17.9 Å². The fraction of sp³-hybridized carbons (Fsp3) is 0.609. The molecule has 32 heavy (non-hydrogen) atoms. The van der Waals surface area contributed by atoms with E-state index in [0.717, 1.165) is 44.9 Å². The van der Waals surface area contributed by atoms with Crippen molar-refractivity contribution in [3.05, 3.63) is 24.3 Å². The molecular formula is C23H35N3O6. The fourth-order valence-electron chi connectivity index (χ4n) is 3.55. The summed E-state index contributed by atoms with van der Waals surface area (Å²) < 4.78 is 11.1. The van der Waals surface area contributed by atoms with Gasteiger partial charge in [0, 0.05) is 31.0 Å². The van der Waals surface area contributed by atoms with Gasteiger partial charge in [-0.2, -0.15) is 0 Å². The van der Waals surface area contributed by atoms with E-state index in [4.69, 9.17) is 20.4 Å². The van der Waals surface area contributed by atoms with Gasteiger partial charge >= 0.3 is 5.97 Å². The van der Waals surface area contributed by atoms with Crippen LogP contribution in [0.5, 0.6) is 5.75 Å². The molecule has 9 heteroatoms. The normalized spacial score (nSPS) is 14.6. The number of ether oxygens (including phenoxy) is 2. The quantitative estimate of drug-likeness (QED) is 0.148. The minimum Gasteiger partial charge on any atom is -0.493 e. The summed E-state index contributed by atoms with van der Waals surface area (Å²) in [5.41, 5.74) is 8.15. The van der Waals surface area contributed by atoms with E-state index in [2.05, 4.69) is 5.32 Å². The minimum absolute atomic E-state index is 0.00234. The Morgan fingerprint density at radius 3 is 2.44 bits per heavy atom. The van der Waals surface area contributed by atoms with Gasteiger partial charge in [-0.1, -0.05) is 18.9 Å². The monoisotopic (exact) mass is 449 g/mol. The van der Waals surface area contributed by atoms with E-state index >= 15 is 0 Å². The zero-order chi connectivity index (χ0) is 23.2. The molecule has 1 aromatic rings. The van der Waals surface area contributed by atoms with E-state index in [1.807, 2.05) is 0 Å². The Bertz CT molecular complexity index is 736. The van der Waals surface area contributed by atoms with Crippen LogP contribution in [0.2, 0.25) is 0 Å². The summed E-state index contributed by atoms with van der Waals surface area (Å²) in [4.78, 5) is 35.1. The van der Waals surface area contributed by atoms with Crippen LogP contribution < -0.4 is 21.3 Å². The molecular weight excluding hydrogens is 414 g/mol. The van der Waals surface area contributed by atoms with Gasteiger partial charge in [-0.3, -0.25) is 19.6 Å². The predicted molar refractivity (Wildman–Crippen MR) is 119 cm³/mol. The third-order valence-corrected chi connectivity index (χ3v) is 5.39. The first-order valence-corrected chi connectivity index (χ1v) is 11.4. The number of hydrogen-bond donors (Lipinski definition) is 4. The number of carbonyl (C=O) groups excluding carboxylic acids is 3. The molecule has 0 radical (unpaired) electrons. The average molecular weight is 450 g/mol. The van der Waals surface area contributed by atoms with Crippen LogP contribution in [0.15, 0.2) is 24.3 Å². The third-order valence-electron chi connectivity index (χ3n) is 5.39. The van der Waals surface area contributed by atoms with Crippen molar-refractivity contribution in [2.24, 2.45) is 5.73 Å². The number of carbonyl (C=O) groups is 3. The zero-order valence-electron chi connectivity index (χ0n) is 18.5. The lowest BCUT2D eigenvalue weighted by Gasteiger charge is -2.16. The highest BCUT2D eigenvalue weighted by molar-refractivity contribution is 5.90. The molecule has 1 aromatic carbocycles. The molecule has 0 bridgehead atoms. The first kappa shape index (κ1) is 25.6. The highest BCUT2D eigenvalue weighted by Crippen LogP contribution is 2.22. The van der Waals surface area contributed by atoms with Gasteiger partial charge in [-0.15, -0.1) is 0 Å². The molecule has 1 fully saturated rings. The molecule has 2 rings (SSSR count). The standard InChI is InChI=1S/C23H35N3O6/c24-20(23(29)32-18-9-5-6-10-18)14-15-31-19-11-7-8-17(16-19)25-21(27)12-3-1-2-4-13-22(28)26-30/h7-8,11,16,18,20,30H,1-6,9-10,12-15,24H2,(H,25,27)(H,26,28)/t20-/m0/s1. The number of benzene rings is 1. The third kappa shape index (κ3) is 10.1. The Hall–Kier alpha value is -2.65. The predicted octanol–water partition coefficient (Wildman–Crippen LogP) is 3.05. The molecule has 0 heterocycles. The van der Waals surface area contributed by atoms with Crippen LogP contribution in [-0.2, 0) is 19.1 Å². The average Bonchev–Trinajstić information content (AvgIpc) is 3.29. The Kier molecular flexibility index (Phi) is 11.5. The van der Waals surface area contributed by atoms with Crippen LogP contribution >= 0.6 is 0 Å². The van der Waals surface area contributed by atoms with Crippen LogP contribution in [0.4, 0.5) is 5.69 Å². The van der Waals surface area contributed by atoms with Gasteiger partial charge in [-0.25, -0.2) is 5.48 Å². The number of rotatable bonds is 14. The van der Waals surface area contributed by atoms with Crippen LogP contribution in [0.3, 0.4) is 0 Å². The number of amides is 2. The molecule has 178 valence electrons. The molecule has 1 aliphatic rings. The Balaban J connectivity index is 1.62. The van der Waals surface area contributed by atoms with Crippen molar-refractivity contribution in [3.63, 3.8) is 0 Å². The number of nitrogens with two attached hydrogens (primary N) is 1. The van der Waals surface area contributed by atoms with E-state index in [0.29, 0.717) is 30.7 Å². The smallest absolute Gasteiger partial charge is 0.323 e. The number of unbranched alkanes of at least 4 members (excludes halogenated alkanes) is 3. The van der Waals surface area contributed by atoms with E-state index in [9.17, 15) is 14.4 Å². The molecule has 9 nitrogen and oxygen atoms in total. The van der Waals surface area contributed by atoms with E-state index in [1.165, 1.54) is 0 Å². The van der Waals surface area contributed by atoms with Crippen molar-refractivity contribution in [1.29, 1.82) is 0 Å². The van der Waals surface area contributed by atoms with Crippen molar-refractivity contribution in [2.75, 3.05) is 11.9 Å². The van der Waals surface area contributed by atoms with Crippen LogP contribution in [0.1, 0.15) is 70.6 Å². The molecule has 0 aliphatic heterocycles. The number of esters is 1. The highest BCUT2D eigenvalue weighted by atomic mass is 16.5. The molecule has 1 aliphatic carbocycles. The summed E-state index contributed by atoms with van der Waals surface area (Å²) in [5.74, 6) is -0.276. The lowest BCUT2D eigenvalue weighted by molar-refractivity contribution is -0.150. The molecule has 5 N–H and O–H groups in total. The van der Waals surface area contributed by atoms with Crippen LogP contribution in [0.25, 0.3) is 0 Å². The van der Waals surface area contributed by atoms with Crippen molar-refractivity contribution < 1.29 is 29.1 Å². The topological polar surface area (TPSA) is 140 Å². The Labute approximate surface area is 189 Å². The van der Waals surface area contributed by atoms with Gasteiger partial charge in [0.25, 0.3) is 0 Å². The summed E-state index contributed by atoms with van der Waals surface area (Å²) in [5, 5.41) is 11.3. The largest absolute Gasteiger partial charge is 0.493 e. The van der Waals surface area contributed by atoms with E-state index in [-0.39, 0.29) is 31.0 Å². The number of anilines is 1. The van der Waals surface area contributed by atoms with Crippen molar-refractivity contribution in [1.82, 2.24) is 5.48 Å². The number of hydroxylamine groups is 1. The number of hydrogen-bond acceptors (Lipinski definition) is 7. The summed E-state index contributed by atoms with van der Waals surface area (Å²) >= 11 is 0. The summed E-state index contributed by atoms with van der Waals surface area (Å²) in [6, 6.07) is 6.36. The lowest BCUT2D eigenvalue weighted by atomic mass is 10.1. The van der Waals surface area contributed by atoms with Crippen molar-refractivity contribution in [3.8, 4) is 5.75 Å². The van der Waals surface area contributed by atoms with E-state index < -0.39 is 11.9 Å². The van der Waals surface area contributed by atoms with Crippen molar-refractivity contribution >= 4 is 23.5 Å². The summed E-state index contributed by atoms with van der Waals surface area (Å²) in [7, 11) is 0. The molecule has 0 saturated heterocycles. The van der Waals surface area contributed by atoms with Gasteiger partial charge < -0.3 is 20.5 Å². The molecule has 1 atom stereocenters. The molecule has 0 unspecified atom stereocenters. The summed E-state index contributed by atoms with van der Waals surface area (Å²) in [6.45, 7) is 0.270. The Morgan fingerprint density at radius 1 is 1.06 bits per heavy atom. The van der Waals surface area contributed by atoms with Gasteiger partial charge in [0.15, 0.2) is 0 Å². The minimum atomic E-state index is -0.712. The second kappa shape index (κ2) is 14.4. The second-order valence-electron chi connectivity index (χ2n) is 8.11. The molecule has 2 amide bonds. The van der Waals surface area contributed by atoms with Crippen molar-refractivity contribution in [2.45, 2.75) is 82.8 Å². The SMILES string of the molecule is N[C@@H](CCOc1cccc(NC(=O)CCCCCCC(=O)NO)c1)C(=O)OC1CCCC1. The molecule has 0 spiro atoms. The van der Waals surface area contributed by atoms with Gasteiger partial charge in [-0.05, 0) is 50.7 Å². The van der Waals surface area contributed by atoms with Gasteiger partial charge in [0.05, 0.1) is 6.61 Å². The highest BCUT2D eigenvalue weighted by Gasteiger charge is 2.23. The maximum absolute atomic E-state index is 12.1. The molecule has 0 aromatic heterocycles. The maximum Gasteiger partial charge on any atom is 0.323 e. The maximum atomic E-state index is 12.1. The second-order valence-corrected chi connectivity index (χ2v) is 8.11. The van der Waals surface area contributed by atoms with Gasteiger partial charge in [0.2, 0.25) is 11.8 Å².